The third-order valence-electron chi connectivity index (χ3n) is 5.06. The van der Waals surface area contributed by atoms with Gasteiger partial charge in [-0.05, 0) is 55.7 Å². The molecular weight excluding hydrogens is 442 g/mol. The van der Waals surface area contributed by atoms with Crippen LogP contribution in [0.2, 0.25) is 0 Å². The number of hydrogen-bond donors (Lipinski definition) is 2. The third-order valence-corrected chi connectivity index (χ3v) is 6.25. The van der Waals surface area contributed by atoms with Crippen LogP contribution in [0.15, 0.2) is 67.1 Å². The van der Waals surface area contributed by atoms with E-state index in [1.54, 1.807) is 36.4 Å². The van der Waals surface area contributed by atoms with Crippen LogP contribution in [0.1, 0.15) is 19.3 Å². The summed E-state index contributed by atoms with van der Waals surface area (Å²) in [6, 6.07) is 13.8. The number of carbonyl (C=O) groups excluding carboxylic acids is 1. The largest absolute Gasteiger partial charge is 0.437 e. The van der Waals surface area contributed by atoms with Gasteiger partial charge in [0, 0.05) is 48.6 Å². The van der Waals surface area contributed by atoms with E-state index in [2.05, 4.69) is 24.9 Å². The van der Waals surface area contributed by atoms with E-state index in [1.165, 1.54) is 37.9 Å². The second-order valence-electron chi connectivity index (χ2n) is 7.68. The smallest absolute Gasteiger partial charge is 0.241 e. The van der Waals surface area contributed by atoms with Crippen LogP contribution >= 0.6 is 0 Å². The van der Waals surface area contributed by atoms with Gasteiger partial charge < -0.3 is 15.0 Å². The Kier molecular flexibility index (Phi) is 7.04. The summed E-state index contributed by atoms with van der Waals surface area (Å²) in [5.74, 6) is -0.637. The Morgan fingerprint density at radius 2 is 1.79 bits per heavy atom. The van der Waals surface area contributed by atoms with Crippen LogP contribution in [0.3, 0.4) is 0 Å². The van der Waals surface area contributed by atoms with Crippen molar-refractivity contribution in [3.63, 3.8) is 0 Å². The van der Waals surface area contributed by atoms with E-state index in [0.717, 1.165) is 18.8 Å². The molecule has 1 amide bonds. The van der Waals surface area contributed by atoms with Crippen LogP contribution in [-0.4, -0.2) is 43.1 Å². The first-order chi connectivity index (χ1) is 16.0. The van der Waals surface area contributed by atoms with E-state index in [1.807, 2.05) is 12.1 Å². The summed E-state index contributed by atoms with van der Waals surface area (Å²) in [4.78, 5) is 22.6. The lowest BCUT2D eigenvalue weighted by Gasteiger charge is -2.28. The molecule has 172 valence electrons. The van der Waals surface area contributed by atoms with Crippen molar-refractivity contribution in [2.45, 2.75) is 19.3 Å². The van der Waals surface area contributed by atoms with Crippen molar-refractivity contribution < 1.29 is 17.9 Å². The fourth-order valence-electron chi connectivity index (χ4n) is 3.57. The highest BCUT2D eigenvalue weighted by atomic mass is 32.2. The van der Waals surface area contributed by atoms with Gasteiger partial charge in [0.2, 0.25) is 21.8 Å². The molecule has 0 atom stereocenters. The molecule has 0 saturated carbocycles. The lowest BCUT2D eigenvalue weighted by Crippen LogP contribution is -2.29. The van der Waals surface area contributed by atoms with Gasteiger partial charge in [-0.1, -0.05) is 6.07 Å². The molecule has 1 aliphatic heterocycles. The van der Waals surface area contributed by atoms with Crippen LogP contribution in [0.5, 0.6) is 11.6 Å². The van der Waals surface area contributed by atoms with Crippen molar-refractivity contribution in [1.29, 1.82) is 0 Å². The first-order valence-electron chi connectivity index (χ1n) is 10.7. The maximum absolute atomic E-state index is 12.5. The number of nitrogens with zero attached hydrogens (tertiary/aromatic N) is 3. The Hall–Kier alpha value is -3.66. The quantitative estimate of drug-likeness (QED) is 0.520. The molecule has 1 aliphatic rings. The molecule has 3 aromatic rings. The number of hydrogen-bond acceptors (Lipinski definition) is 7. The molecule has 2 aromatic carbocycles. The highest BCUT2D eigenvalue weighted by Crippen LogP contribution is 2.23. The number of aromatic nitrogens is 2. The molecule has 1 fully saturated rings. The minimum atomic E-state index is -3.88. The Morgan fingerprint density at radius 1 is 1.00 bits per heavy atom. The number of benzene rings is 2. The first-order valence-corrected chi connectivity index (χ1v) is 12.3. The summed E-state index contributed by atoms with van der Waals surface area (Å²) in [7, 11) is -3.88. The second-order valence-corrected chi connectivity index (χ2v) is 9.40. The van der Waals surface area contributed by atoms with Gasteiger partial charge in [-0.3, -0.25) is 14.5 Å². The van der Waals surface area contributed by atoms with Crippen LogP contribution in [0, 0.1) is 0 Å². The summed E-state index contributed by atoms with van der Waals surface area (Å²) >= 11 is 0. The van der Waals surface area contributed by atoms with E-state index in [0.29, 0.717) is 23.0 Å². The lowest BCUT2D eigenvalue weighted by molar-refractivity contribution is -0.113. The predicted octanol–water partition coefficient (Wildman–Crippen LogP) is 3.64. The first kappa shape index (κ1) is 22.5. The van der Waals surface area contributed by atoms with Gasteiger partial charge in [0.1, 0.15) is 11.5 Å². The number of amides is 1. The average molecular weight is 468 g/mol. The minimum Gasteiger partial charge on any atom is -0.437 e. The summed E-state index contributed by atoms with van der Waals surface area (Å²) in [6.45, 7) is 2.02. The molecule has 33 heavy (non-hydrogen) atoms. The van der Waals surface area contributed by atoms with E-state index in [-0.39, 0.29) is 0 Å². The minimum absolute atomic E-state index is 0.305. The molecule has 1 aromatic heterocycles. The number of ether oxygens (including phenoxy) is 1. The fraction of sp³-hybridized carbons (Fsp3) is 0.261. The molecule has 10 heteroatoms. The van der Waals surface area contributed by atoms with Crippen molar-refractivity contribution in [3.05, 3.63) is 67.1 Å². The van der Waals surface area contributed by atoms with Gasteiger partial charge in [0.25, 0.3) is 0 Å². The number of rotatable bonds is 8. The van der Waals surface area contributed by atoms with E-state index < -0.39 is 21.7 Å². The Labute approximate surface area is 192 Å². The molecule has 2 heterocycles. The topological polar surface area (TPSA) is 114 Å². The Morgan fingerprint density at radius 3 is 2.52 bits per heavy atom. The van der Waals surface area contributed by atoms with Gasteiger partial charge >= 0.3 is 0 Å². The van der Waals surface area contributed by atoms with Crippen molar-refractivity contribution in [1.82, 2.24) is 9.97 Å². The van der Waals surface area contributed by atoms with Crippen molar-refractivity contribution in [3.8, 4) is 11.6 Å². The molecule has 0 aliphatic carbocycles. The Balaban J connectivity index is 1.32. The van der Waals surface area contributed by atoms with E-state index in [4.69, 9.17) is 4.74 Å². The molecule has 0 bridgehead atoms. The number of piperidine rings is 1. The van der Waals surface area contributed by atoms with Crippen molar-refractivity contribution in [2.75, 3.05) is 33.8 Å². The highest BCUT2D eigenvalue weighted by molar-refractivity contribution is 7.93. The van der Waals surface area contributed by atoms with Crippen molar-refractivity contribution >= 4 is 33.0 Å². The van der Waals surface area contributed by atoms with Gasteiger partial charge in [-0.2, -0.15) is 0 Å². The van der Waals surface area contributed by atoms with Crippen LogP contribution in [0.25, 0.3) is 0 Å². The standard InChI is InChI=1S/C23H25N5O4S/c29-22(26-19-5-4-6-21(15-19)32-23-16-24-11-12-25-23)17-33(30,31)27-18-7-9-20(10-8-18)28-13-2-1-3-14-28/h4-12,15-16,27H,1-3,13-14,17H2,(H,26,29). The van der Waals surface area contributed by atoms with Gasteiger partial charge in [0.05, 0.1) is 6.20 Å². The molecule has 9 nitrogen and oxygen atoms in total. The monoisotopic (exact) mass is 467 g/mol. The number of nitrogens with one attached hydrogen (secondary N) is 2. The molecule has 0 radical (unpaired) electrons. The van der Waals surface area contributed by atoms with E-state index in [9.17, 15) is 13.2 Å². The summed E-state index contributed by atoms with van der Waals surface area (Å²) in [5.41, 5.74) is 1.89. The number of carbonyl (C=O) groups is 1. The Bertz CT molecular complexity index is 1180. The predicted molar refractivity (Wildman–Crippen MR) is 127 cm³/mol. The number of anilines is 3. The molecule has 0 spiro atoms. The fourth-order valence-corrected chi connectivity index (χ4v) is 4.56. The van der Waals surface area contributed by atoms with Crippen LogP contribution in [-0.2, 0) is 14.8 Å². The maximum Gasteiger partial charge on any atom is 0.241 e. The number of sulfonamides is 1. The summed E-state index contributed by atoms with van der Waals surface area (Å²) < 4.78 is 33.0. The van der Waals surface area contributed by atoms with Gasteiger partial charge in [0.15, 0.2) is 0 Å². The summed E-state index contributed by atoms with van der Waals surface area (Å²) in [6.07, 6.45) is 8.07. The SMILES string of the molecule is O=C(CS(=O)(=O)Nc1ccc(N2CCCCC2)cc1)Nc1cccc(Oc2cnccn2)c1. The zero-order chi connectivity index (χ0) is 23.1. The summed E-state index contributed by atoms with van der Waals surface area (Å²) in [5, 5.41) is 2.58. The molecular formula is C23H25N5O4S. The normalized spacial score (nSPS) is 13.9. The highest BCUT2D eigenvalue weighted by Gasteiger charge is 2.18. The van der Waals surface area contributed by atoms with E-state index >= 15 is 0 Å². The average Bonchev–Trinajstić information content (AvgIpc) is 2.80. The molecule has 0 unspecified atom stereocenters. The molecule has 1 saturated heterocycles. The molecule has 2 N–H and O–H groups in total. The second kappa shape index (κ2) is 10.3. The van der Waals surface area contributed by atoms with Gasteiger partial charge in [-0.25, -0.2) is 13.4 Å². The van der Waals surface area contributed by atoms with Gasteiger partial charge in [-0.15, -0.1) is 0 Å². The maximum atomic E-state index is 12.5. The third kappa shape index (κ3) is 6.66. The van der Waals surface area contributed by atoms with Crippen LogP contribution in [0.4, 0.5) is 17.1 Å². The van der Waals surface area contributed by atoms with Crippen molar-refractivity contribution in [2.24, 2.45) is 0 Å². The zero-order valence-corrected chi connectivity index (χ0v) is 18.8. The molecule has 4 rings (SSSR count). The van der Waals surface area contributed by atoms with Crippen LogP contribution < -0.4 is 19.7 Å². The lowest BCUT2D eigenvalue weighted by atomic mass is 10.1. The zero-order valence-electron chi connectivity index (χ0n) is 18.0.